The molecule has 0 amide bonds. The van der Waals surface area contributed by atoms with Crippen molar-refractivity contribution in [3.05, 3.63) is 105 Å². The first-order chi connectivity index (χ1) is 12.7. The van der Waals surface area contributed by atoms with E-state index in [9.17, 15) is 9.59 Å². The Bertz CT molecular complexity index is 1190. The molecule has 4 nitrogen and oxygen atoms in total. The van der Waals surface area contributed by atoms with Crippen molar-refractivity contribution in [1.29, 1.82) is 0 Å². The third kappa shape index (κ3) is 3.13. The van der Waals surface area contributed by atoms with Gasteiger partial charge in [-0.05, 0) is 36.4 Å². The molecule has 0 unspecified atom stereocenters. The van der Waals surface area contributed by atoms with Gasteiger partial charge in [0, 0.05) is 11.6 Å². The molecule has 0 aliphatic rings. The van der Waals surface area contributed by atoms with Crippen molar-refractivity contribution in [2.45, 2.75) is 0 Å². The van der Waals surface area contributed by atoms with Crippen molar-refractivity contribution in [2.24, 2.45) is 0 Å². The number of hydrogen-bond donors (Lipinski definition) is 0. The fraction of sp³-hybridized carbons (Fsp3) is 0. The molecule has 0 aliphatic heterocycles. The van der Waals surface area contributed by atoms with Crippen LogP contribution in [0, 0.1) is 0 Å². The normalized spacial score (nSPS) is 10.6. The molecule has 0 saturated heterocycles. The van der Waals surface area contributed by atoms with Crippen molar-refractivity contribution in [3.63, 3.8) is 0 Å². The van der Waals surface area contributed by atoms with E-state index in [0.29, 0.717) is 22.8 Å². The molecule has 0 bridgehead atoms. The SMILES string of the molecule is O=c1cc(-c2cccc(Oc3ccccc3)c2)oc2c(=O)ccccc12. The number of ether oxygens (including phenoxy) is 1. The number of para-hydroxylation sites is 1. The standard InChI is InChI=1S/C22H14O4/c23-19-12-5-4-11-18-20(24)14-21(26-22(18)19)15-7-6-10-17(13-15)25-16-8-2-1-3-9-16/h1-14H. The Kier molecular flexibility index (Phi) is 4.07. The molecule has 4 heteroatoms. The van der Waals surface area contributed by atoms with Gasteiger partial charge in [0.2, 0.25) is 5.43 Å². The highest BCUT2D eigenvalue weighted by molar-refractivity contribution is 5.78. The molecule has 3 aromatic carbocycles. The van der Waals surface area contributed by atoms with Crippen LogP contribution in [0.2, 0.25) is 0 Å². The lowest BCUT2D eigenvalue weighted by molar-refractivity contribution is 0.482. The average Bonchev–Trinajstić information content (AvgIpc) is 2.85. The van der Waals surface area contributed by atoms with Gasteiger partial charge in [0.25, 0.3) is 0 Å². The summed E-state index contributed by atoms with van der Waals surface area (Å²) in [6.07, 6.45) is 0. The Morgan fingerprint density at radius 1 is 0.654 bits per heavy atom. The van der Waals surface area contributed by atoms with E-state index < -0.39 is 0 Å². The maximum absolute atomic E-state index is 12.4. The molecule has 0 radical (unpaired) electrons. The van der Waals surface area contributed by atoms with Crippen LogP contribution in [0.15, 0.2) is 98.9 Å². The summed E-state index contributed by atoms with van der Waals surface area (Å²) in [5.74, 6) is 1.64. The van der Waals surface area contributed by atoms with Crippen LogP contribution in [0.5, 0.6) is 11.5 Å². The van der Waals surface area contributed by atoms with Crippen LogP contribution in [0.4, 0.5) is 0 Å². The van der Waals surface area contributed by atoms with Crippen molar-refractivity contribution >= 4 is 11.0 Å². The lowest BCUT2D eigenvalue weighted by Crippen LogP contribution is -2.05. The van der Waals surface area contributed by atoms with Crippen LogP contribution in [0.25, 0.3) is 22.3 Å². The van der Waals surface area contributed by atoms with Gasteiger partial charge in [-0.15, -0.1) is 0 Å². The van der Waals surface area contributed by atoms with E-state index in [0.717, 1.165) is 0 Å². The van der Waals surface area contributed by atoms with Gasteiger partial charge in [0.1, 0.15) is 17.3 Å². The van der Waals surface area contributed by atoms with E-state index in [1.807, 2.05) is 36.4 Å². The molecular weight excluding hydrogens is 328 g/mol. The summed E-state index contributed by atoms with van der Waals surface area (Å²) < 4.78 is 11.6. The lowest BCUT2D eigenvalue weighted by Gasteiger charge is -2.07. The van der Waals surface area contributed by atoms with Gasteiger partial charge in [0.15, 0.2) is 11.0 Å². The van der Waals surface area contributed by atoms with Crippen LogP contribution in [0.1, 0.15) is 0 Å². The highest BCUT2D eigenvalue weighted by atomic mass is 16.5. The minimum atomic E-state index is -0.333. The predicted molar refractivity (Wildman–Crippen MR) is 101 cm³/mol. The highest BCUT2D eigenvalue weighted by Crippen LogP contribution is 2.27. The zero-order valence-electron chi connectivity index (χ0n) is 13.7. The second-order valence-corrected chi connectivity index (χ2v) is 5.74. The fourth-order valence-corrected chi connectivity index (χ4v) is 2.69. The van der Waals surface area contributed by atoms with Crippen molar-refractivity contribution in [1.82, 2.24) is 0 Å². The number of fused-ring (bicyclic) bond motifs is 1. The van der Waals surface area contributed by atoms with Crippen LogP contribution >= 0.6 is 0 Å². The summed E-state index contributed by atoms with van der Waals surface area (Å²) in [4.78, 5) is 24.6. The van der Waals surface area contributed by atoms with Crippen LogP contribution in [-0.4, -0.2) is 0 Å². The zero-order chi connectivity index (χ0) is 17.9. The van der Waals surface area contributed by atoms with E-state index >= 15 is 0 Å². The molecule has 0 saturated carbocycles. The molecule has 126 valence electrons. The first-order valence-electron chi connectivity index (χ1n) is 8.11. The summed E-state index contributed by atoms with van der Waals surface area (Å²) in [6.45, 7) is 0. The zero-order valence-corrected chi connectivity index (χ0v) is 13.7. The molecular formula is C22H14O4. The summed E-state index contributed by atoms with van der Waals surface area (Å²) in [7, 11) is 0. The van der Waals surface area contributed by atoms with E-state index in [1.165, 1.54) is 12.1 Å². The number of hydrogen-bond acceptors (Lipinski definition) is 4. The Morgan fingerprint density at radius 3 is 2.23 bits per heavy atom. The van der Waals surface area contributed by atoms with Gasteiger partial charge >= 0.3 is 0 Å². The van der Waals surface area contributed by atoms with Crippen LogP contribution < -0.4 is 15.6 Å². The third-order valence-electron chi connectivity index (χ3n) is 3.93. The van der Waals surface area contributed by atoms with Crippen LogP contribution in [-0.2, 0) is 0 Å². The third-order valence-corrected chi connectivity index (χ3v) is 3.93. The van der Waals surface area contributed by atoms with E-state index in [1.54, 1.807) is 36.4 Å². The Labute approximate surface area is 148 Å². The van der Waals surface area contributed by atoms with Gasteiger partial charge in [-0.3, -0.25) is 9.59 Å². The maximum atomic E-state index is 12.4. The summed E-state index contributed by atoms with van der Waals surface area (Å²) in [6, 6.07) is 24.2. The van der Waals surface area contributed by atoms with Crippen molar-refractivity contribution in [3.8, 4) is 22.8 Å². The average molecular weight is 342 g/mol. The molecule has 0 spiro atoms. The predicted octanol–water partition coefficient (Wildman–Crippen LogP) is 4.61. The molecule has 4 rings (SSSR count). The largest absolute Gasteiger partial charge is 0.457 e. The maximum Gasteiger partial charge on any atom is 0.221 e. The lowest BCUT2D eigenvalue weighted by atomic mass is 10.1. The second-order valence-electron chi connectivity index (χ2n) is 5.74. The molecule has 1 heterocycles. The Hall–Kier alpha value is -3.66. The number of benzene rings is 2. The molecule has 1 aromatic heterocycles. The molecule has 0 N–H and O–H groups in total. The smallest absolute Gasteiger partial charge is 0.221 e. The summed E-state index contributed by atoms with van der Waals surface area (Å²) in [5.41, 5.74) is 0.111. The van der Waals surface area contributed by atoms with E-state index in [2.05, 4.69) is 0 Å². The molecule has 0 atom stereocenters. The second kappa shape index (κ2) is 6.69. The van der Waals surface area contributed by atoms with E-state index in [4.69, 9.17) is 9.15 Å². The van der Waals surface area contributed by atoms with Gasteiger partial charge in [-0.25, -0.2) is 0 Å². The highest BCUT2D eigenvalue weighted by Gasteiger charge is 2.09. The quantitative estimate of drug-likeness (QED) is 0.545. The minimum absolute atomic E-state index is 0.0480. The minimum Gasteiger partial charge on any atom is -0.457 e. The summed E-state index contributed by atoms with van der Waals surface area (Å²) >= 11 is 0. The molecule has 4 aromatic rings. The van der Waals surface area contributed by atoms with Gasteiger partial charge in [-0.2, -0.15) is 0 Å². The Morgan fingerprint density at radius 2 is 1.38 bits per heavy atom. The summed E-state index contributed by atoms with van der Waals surface area (Å²) in [5, 5.41) is 0.264. The number of rotatable bonds is 3. The Balaban J connectivity index is 1.81. The van der Waals surface area contributed by atoms with Gasteiger partial charge < -0.3 is 9.15 Å². The first kappa shape index (κ1) is 15.8. The van der Waals surface area contributed by atoms with Gasteiger partial charge in [0.05, 0.1) is 5.39 Å². The first-order valence-corrected chi connectivity index (χ1v) is 8.11. The molecule has 26 heavy (non-hydrogen) atoms. The van der Waals surface area contributed by atoms with Crippen LogP contribution in [0.3, 0.4) is 0 Å². The van der Waals surface area contributed by atoms with Crippen molar-refractivity contribution < 1.29 is 9.15 Å². The van der Waals surface area contributed by atoms with Gasteiger partial charge in [-0.1, -0.05) is 42.5 Å². The van der Waals surface area contributed by atoms with E-state index in [-0.39, 0.29) is 21.8 Å². The molecule has 0 aliphatic carbocycles. The monoisotopic (exact) mass is 342 g/mol. The fourth-order valence-electron chi connectivity index (χ4n) is 2.69. The molecule has 0 fully saturated rings. The topological polar surface area (TPSA) is 56.5 Å². The van der Waals surface area contributed by atoms with Crippen molar-refractivity contribution in [2.75, 3.05) is 0 Å².